The molecule has 0 unspecified atom stereocenters. The topological polar surface area (TPSA) is 203 Å². The van der Waals surface area contributed by atoms with E-state index in [1.54, 1.807) is 58.6 Å². The Hall–Kier alpha value is -7.23. The fraction of sp³-hybridized carbons (Fsp3) is 0.279. The second-order valence-electron chi connectivity index (χ2n) is 14.5. The summed E-state index contributed by atoms with van der Waals surface area (Å²) in [5, 5.41) is 12.5. The summed E-state index contributed by atoms with van der Waals surface area (Å²) in [5.74, 6) is 1.53. The number of ether oxygens (including phenoxy) is 1. The Kier molecular flexibility index (Phi) is 10.9. The number of rotatable bonds is 11. The summed E-state index contributed by atoms with van der Waals surface area (Å²) in [7, 11) is 2.67. The number of H-pyrrole nitrogens is 2. The van der Waals surface area contributed by atoms with Crippen LogP contribution < -0.4 is 5.32 Å². The number of amides is 4. The molecule has 2 fully saturated rings. The summed E-state index contributed by atoms with van der Waals surface area (Å²) < 4.78 is 11.0. The van der Waals surface area contributed by atoms with Crippen LogP contribution in [0.1, 0.15) is 72.6 Å². The molecule has 16 nitrogen and oxygen atoms in total. The fourth-order valence-electron chi connectivity index (χ4n) is 7.94. The molecule has 3 aromatic heterocycles. The zero-order chi connectivity index (χ0) is 41.0. The largest absolute Gasteiger partial charge is 0.465 e. The summed E-state index contributed by atoms with van der Waals surface area (Å²) in [6.45, 7) is 0.999. The highest BCUT2D eigenvalue weighted by Gasteiger charge is 2.40. The standard InChI is InChI=1S/C43H43N9O7/c1-50(43(56)57)36(29-13-7-4-8-14-29)41(54)52-22-10-16-33(52)37-44-23-30(47-37)26-17-19-27(20-18-26)34-25-46-39(59-34)31-24-45-38(48-31)32-15-9-21-51(32)40(53)35(49-42(55)58-2)28-11-5-3-6-12-28/h3-8,11-14,17-20,23-25,32-33,35-36H,9-10,15-16,21-22H2,1-2H3,(H,44,47)(H,45,48)(H,49,55)(H,56,57)/t32-,33-,35+,36+/m0/s1. The molecule has 4 N–H and O–H groups in total. The van der Waals surface area contributed by atoms with Gasteiger partial charge in [0.25, 0.3) is 11.8 Å². The van der Waals surface area contributed by atoms with Gasteiger partial charge in [-0.05, 0) is 36.8 Å². The van der Waals surface area contributed by atoms with Gasteiger partial charge in [-0.2, -0.15) is 0 Å². The molecule has 3 aromatic carbocycles. The van der Waals surface area contributed by atoms with E-state index in [4.69, 9.17) is 19.1 Å². The first-order valence-electron chi connectivity index (χ1n) is 19.4. The van der Waals surface area contributed by atoms with Crippen molar-refractivity contribution in [2.45, 2.75) is 49.9 Å². The highest BCUT2D eigenvalue weighted by atomic mass is 16.5. The molecule has 0 radical (unpaired) electrons. The van der Waals surface area contributed by atoms with E-state index in [1.807, 2.05) is 54.7 Å². The molecule has 2 aliphatic rings. The van der Waals surface area contributed by atoms with Crippen molar-refractivity contribution in [1.29, 1.82) is 0 Å². The van der Waals surface area contributed by atoms with Gasteiger partial charge in [0.1, 0.15) is 29.4 Å². The summed E-state index contributed by atoms with van der Waals surface area (Å²) in [4.78, 5) is 77.1. The van der Waals surface area contributed by atoms with Gasteiger partial charge >= 0.3 is 12.2 Å². The van der Waals surface area contributed by atoms with E-state index in [-0.39, 0.29) is 23.9 Å². The van der Waals surface area contributed by atoms with Crippen LogP contribution in [0.5, 0.6) is 0 Å². The van der Waals surface area contributed by atoms with Crippen molar-refractivity contribution in [2.75, 3.05) is 27.2 Å². The smallest absolute Gasteiger partial charge is 0.407 e. The van der Waals surface area contributed by atoms with Gasteiger partial charge in [-0.25, -0.2) is 24.5 Å². The van der Waals surface area contributed by atoms with Crippen LogP contribution in [0.3, 0.4) is 0 Å². The number of likely N-dealkylation sites (N-methyl/N-ethyl adjacent to an activating group) is 1. The molecule has 4 amide bonds. The van der Waals surface area contributed by atoms with Crippen LogP contribution in [0.2, 0.25) is 0 Å². The average molecular weight is 798 g/mol. The first kappa shape index (κ1) is 38.6. The number of likely N-dealkylation sites (tertiary alicyclic amines) is 2. The summed E-state index contributed by atoms with van der Waals surface area (Å²) in [5.41, 5.74) is 4.08. The van der Waals surface area contributed by atoms with Crippen LogP contribution in [0.25, 0.3) is 34.2 Å². The number of aromatic amines is 2. The Morgan fingerprint density at radius 3 is 1.97 bits per heavy atom. The van der Waals surface area contributed by atoms with Gasteiger partial charge in [0.15, 0.2) is 5.76 Å². The molecule has 5 heterocycles. The lowest BCUT2D eigenvalue weighted by atomic mass is 10.0. The number of alkyl carbamates (subject to hydrolysis) is 1. The number of oxazole rings is 1. The van der Waals surface area contributed by atoms with Gasteiger partial charge in [-0.3, -0.25) is 14.5 Å². The molecule has 2 saturated heterocycles. The maximum Gasteiger partial charge on any atom is 0.407 e. The van der Waals surface area contributed by atoms with Gasteiger partial charge in [-0.15, -0.1) is 0 Å². The molecule has 2 aliphatic heterocycles. The van der Waals surface area contributed by atoms with E-state index in [1.165, 1.54) is 14.2 Å². The number of benzene rings is 3. The van der Waals surface area contributed by atoms with Gasteiger partial charge in [0.2, 0.25) is 5.89 Å². The lowest BCUT2D eigenvalue weighted by Gasteiger charge is -2.32. The molecule has 6 aromatic rings. The second-order valence-corrected chi connectivity index (χ2v) is 14.5. The molecule has 302 valence electrons. The van der Waals surface area contributed by atoms with Crippen LogP contribution in [-0.4, -0.2) is 96.0 Å². The van der Waals surface area contributed by atoms with E-state index in [0.717, 1.165) is 28.9 Å². The molecule has 0 spiro atoms. The van der Waals surface area contributed by atoms with Crippen molar-refractivity contribution >= 4 is 24.0 Å². The third-order valence-corrected chi connectivity index (χ3v) is 11.0. The maximum atomic E-state index is 14.0. The van der Waals surface area contributed by atoms with Crippen LogP contribution in [0, 0.1) is 0 Å². The van der Waals surface area contributed by atoms with Crippen LogP contribution in [-0.2, 0) is 14.3 Å². The molecular formula is C43H43N9O7. The van der Waals surface area contributed by atoms with Gasteiger partial charge in [-0.1, -0.05) is 84.9 Å². The lowest BCUT2D eigenvalue weighted by molar-refractivity contribution is -0.137. The van der Waals surface area contributed by atoms with E-state index in [2.05, 4.69) is 20.3 Å². The summed E-state index contributed by atoms with van der Waals surface area (Å²) >= 11 is 0. The van der Waals surface area contributed by atoms with Gasteiger partial charge < -0.3 is 39.3 Å². The minimum atomic E-state index is -1.19. The number of nitrogens with zero attached hydrogens (tertiary/aromatic N) is 6. The lowest BCUT2D eigenvalue weighted by Crippen LogP contribution is -2.43. The second kappa shape index (κ2) is 16.7. The van der Waals surface area contributed by atoms with Gasteiger partial charge in [0.05, 0.1) is 31.1 Å². The first-order valence-corrected chi connectivity index (χ1v) is 19.4. The number of carbonyl (C=O) groups is 4. The number of methoxy groups -OCH3 is 1. The Morgan fingerprint density at radius 1 is 0.797 bits per heavy atom. The maximum absolute atomic E-state index is 14.0. The predicted molar refractivity (Wildman–Crippen MR) is 214 cm³/mol. The van der Waals surface area contributed by atoms with Gasteiger partial charge in [0, 0.05) is 43.7 Å². The average Bonchev–Trinajstić information content (AvgIpc) is 4.12. The van der Waals surface area contributed by atoms with E-state index in [9.17, 15) is 24.3 Å². The number of imidazole rings is 2. The van der Waals surface area contributed by atoms with E-state index >= 15 is 0 Å². The van der Waals surface area contributed by atoms with Crippen molar-refractivity contribution in [3.8, 4) is 34.2 Å². The highest BCUT2D eigenvalue weighted by Crippen LogP contribution is 2.37. The molecule has 59 heavy (non-hydrogen) atoms. The monoisotopic (exact) mass is 797 g/mol. The van der Waals surface area contributed by atoms with Crippen molar-refractivity contribution < 1.29 is 33.4 Å². The number of hydrogen-bond donors (Lipinski definition) is 4. The Labute approximate surface area is 339 Å². The molecule has 0 aliphatic carbocycles. The van der Waals surface area contributed by atoms with Crippen LogP contribution in [0.4, 0.5) is 9.59 Å². The van der Waals surface area contributed by atoms with Crippen molar-refractivity contribution in [2.24, 2.45) is 0 Å². The first-order chi connectivity index (χ1) is 28.7. The molecule has 0 saturated carbocycles. The number of carbonyl (C=O) groups excluding carboxylic acids is 3. The highest BCUT2D eigenvalue weighted by molar-refractivity contribution is 5.88. The molecule has 4 atom stereocenters. The summed E-state index contributed by atoms with van der Waals surface area (Å²) in [6, 6.07) is 23.1. The quantitative estimate of drug-likeness (QED) is 0.107. The van der Waals surface area contributed by atoms with E-state index in [0.29, 0.717) is 71.7 Å². The minimum Gasteiger partial charge on any atom is -0.465 e. The zero-order valence-corrected chi connectivity index (χ0v) is 32.4. The van der Waals surface area contributed by atoms with Crippen LogP contribution >= 0.6 is 0 Å². The van der Waals surface area contributed by atoms with E-state index < -0.39 is 24.3 Å². The predicted octanol–water partition coefficient (Wildman–Crippen LogP) is 6.90. The molecular weight excluding hydrogens is 755 g/mol. The number of hydrogen-bond acceptors (Lipinski definition) is 9. The van der Waals surface area contributed by atoms with Crippen molar-refractivity contribution in [3.05, 3.63) is 126 Å². The number of aromatic nitrogens is 5. The summed E-state index contributed by atoms with van der Waals surface area (Å²) in [6.07, 6.45) is 6.19. The number of nitrogens with one attached hydrogen (secondary N) is 3. The number of carboxylic acid groups (broad SMARTS) is 1. The Balaban J connectivity index is 0.945. The van der Waals surface area contributed by atoms with Crippen LogP contribution in [0.15, 0.2) is 108 Å². The molecule has 8 rings (SSSR count). The zero-order valence-electron chi connectivity index (χ0n) is 32.4. The molecule has 0 bridgehead atoms. The minimum absolute atomic E-state index is 0.261. The fourth-order valence-corrected chi connectivity index (χ4v) is 7.94. The third-order valence-electron chi connectivity index (χ3n) is 11.0. The normalized spacial score (nSPS) is 17.4. The van der Waals surface area contributed by atoms with Crippen molar-refractivity contribution in [3.63, 3.8) is 0 Å². The molecule has 16 heteroatoms. The Morgan fingerprint density at radius 2 is 1.36 bits per heavy atom. The van der Waals surface area contributed by atoms with Crippen molar-refractivity contribution in [1.82, 2.24) is 44.9 Å². The Bertz CT molecular complexity index is 2430. The SMILES string of the molecule is COC(=O)N[C@@H](C(=O)N1CCC[C@H]1c1nc(-c2ncc(-c3ccc(-c4c[nH]c([C@@H]5CCCN5C(=O)[C@@H](c5ccccc5)N(C)C(=O)O)n4)cc3)o2)c[nH]1)c1ccccc1. The third kappa shape index (κ3) is 7.88.